The maximum absolute atomic E-state index is 5.44. The molecule has 1 aromatic heterocycles. The van der Waals surface area contributed by atoms with E-state index >= 15 is 0 Å². The highest BCUT2D eigenvalue weighted by molar-refractivity contribution is 5.83. The highest BCUT2D eigenvalue weighted by atomic mass is 16.5. The van der Waals surface area contributed by atoms with E-state index in [1.165, 1.54) is 16.5 Å². The first-order valence-corrected chi connectivity index (χ1v) is 9.45. The van der Waals surface area contributed by atoms with Crippen LogP contribution in [0.3, 0.4) is 0 Å². The lowest BCUT2D eigenvalue weighted by Crippen LogP contribution is -2.39. The van der Waals surface area contributed by atoms with Crippen molar-refractivity contribution in [3.05, 3.63) is 59.8 Å². The van der Waals surface area contributed by atoms with Crippen LogP contribution < -0.4 is 20.1 Å². The Morgan fingerprint density at radius 2 is 1.71 bits per heavy atom. The van der Waals surface area contributed by atoms with Gasteiger partial charge in [-0.1, -0.05) is 18.2 Å². The predicted molar refractivity (Wildman–Crippen MR) is 115 cm³/mol. The van der Waals surface area contributed by atoms with Crippen LogP contribution in [0.4, 0.5) is 0 Å². The first-order chi connectivity index (χ1) is 13.7. The van der Waals surface area contributed by atoms with Crippen molar-refractivity contribution in [1.82, 2.24) is 15.6 Å². The van der Waals surface area contributed by atoms with Gasteiger partial charge in [-0.25, -0.2) is 0 Å². The van der Waals surface area contributed by atoms with Gasteiger partial charge in [-0.05, 0) is 48.2 Å². The molecule has 3 aromatic rings. The third-order valence-electron chi connectivity index (χ3n) is 4.76. The molecule has 0 aliphatic heterocycles. The summed E-state index contributed by atoms with van der Waals surface area (Å²) in [4.78, 5) is 7.62. The van der Waals surface area contributed by atoms with Gasteiger partial charge >= 0.3 is 0 Å². The Morgan fingerprint density at radius 3 is 2.43 bits per heavy atom. The largest absolute Gasteiger partial charge is 0.497 e. The monoisotopic (exact) mass is 380 g/mol. The minimum atomic E-state index is 0.746. The van der Waals surface area contributed by atoms with E-state index in [1.54, 1.807) is 21.3 Å². The molecule has 0 spiro atoms. The molecule has 0 aliphatic carbocycles. The molecule has 6 nitrogen and oxygen atoms in total. The van der Waals surface area contributed by atoms with E-state index in [1.807, 2.05) is 24.3 Å². The smallest absolute Gasteiger partial charge is 0.190 e. The molecule has 0 saturated heterocycles. The van der Waals surface area contributed by atoms with E-state index in [0.717, 1.165) is 49.0 Å². The Hall–Kier alpha value is -3.15. The third kappa shape index (κ3) is 4.76. The number of hydrogen-bond donors (Lipinski definition) is 3. The number of guanidine groups is 1. The fourth-order valence-electron chi connectivity index (χ4n) is 3.27. The lowest BCUT2D eigenvalue weighted by atomic mass is 10.1. The van der Waals surface area contributed by atoms with Crippen molar-refractivity contribution in [2.24, 2.45) is 4.99 Å². The number of para-hydroxylation sites is 1. The van der Waals surface area contributed by atoms with E-state index in [0.29, 0.717) is 0 Å². The molecule has 0 fully saturated rings. The topological polar surface area (TPSA) is 70.7 Å². The lowest BCUT2D eigenvalue weighted by Gasteiger charge is -2.14. The Morgan fingerprint density at radius 1 is 0.964 bits per heavy atom. The number of aromatic nitrogens is 1. The highest BCUT2D eigenvalue weighted by Gasteiger charge is 2.06. The second-order valence-corrected chi connectivity index (χ2v) is 6.46. The molecule has 0 amide bonds. The van der Waals surface area contributed by atoms with Crippen molar-refractivity contribution in [1.29, 1.82) is 0 Å². The van der Waals surface area contributed by atoms with Gasteiger partial charge in [0.1, 0.15) is 11.5 Å². The number of fused-ring (bicyclic) bond motifs is 1. The quantitative estimate of drug-likeness (QED) is 0.415. The molecule has 6 heteroatoms. The van der Waals surface area contributed by atoms with Crippen molar-refractivity contribution >= 4 is 16.9 Å². The van der Waals surface area contributed by atoms with Gasteiger partial charge < -0.3 is 25.1 Å². The standard InChI is InChI=1S/C22H28N4O2/c1-23-22(24-12-10-16-14-18(27-2)8-9-21(16)28-3)25-13-11-17-15-26-20-7-5-4-6-19(17)20/h4-9,14-15,26H,10-13H2,1-3H3,(H2,23,24,25). The van der Waals surface area contributed by atoms with E-state index in [9.17, 15) is 0 Å². The Kier molecular flexibility index (Phi) is 6.78. The summed E-state index contributed by atoms with van der Waals surface area (Å²) in [5, 5.41) is 8.01. The van der Waals surface area contributed by atoms with Gasteiger partial charge in [0.25, 0.3) is 0 Å². The summed E-state index contributed by atoms with van der Waals surface area (Å²) in [5.41, 5.74) is 3.58. The van der Waals surface area contributed by atoms with Crippen LogP contribution >= 0.6 is 0 Å². The molecule has 148 valence electrons. The second kappa shape index (κ2) is 9.69. The zero-order valence-corrected chi connectivity index (χ0v) is 16.7. The van der Waals surface area contributed by atoms with Crippen LogP contribution in [0.1, 0.15) is 11.1 Å². The number of benzene rings is 2. The molecule has 3 rings (SSSR count). The molecule has 0 saturated carbocycles. The van der Waals surface area contributed by atoms with Crippen LogP contribution in [-0.2, 0) is 12.8 Å². The van der Waals surface area contributed by atoms with Crippen LogP contribution in [0.25, 0.3) is 10.9 Å². The van der Waals surface area contributed by atoms with Crippen LogP contribution in [0.2, 0.25) is 0 Å². The molecule has 0 radical (unpaired) electrons. The minimum absolute atomic E-state index is 0.746. The maximum Gasteiger partial charge on any atom is 0.190 e. The predicted octanol–water partition coefficient (Wildman–Crippen LogP) is 3.14. The fraction of sp³-hybridized carbons (Fsp3) is 0.318. The molecule has 0 atom stereocenters. The van der Waals surface area contributed by atoms with Crippen LogP contribution in [0, 0.1) is 0 Å². The molecular weight excluding hydrogens is 352 g/mol. The van der Waals surface area contributed by atoms with Crippen LogP contribution in [-0.4, -0.2) is 45.3 Å². The molecule has 28 heavy (non-hydrogen) atoms. The summed E-state index contributed by atoms with van der Waals surface area (Å²) in [7, 11) is 5.14. The lowest BCUT2D eigenvalue weighted by molar-refractivity contribution is 0.398. The first kappa shape index (κ1) is 19.6. The highest BCUT2D eigenvalue weighted by Crippen LogP contribution is 2.24. The fourth-order valence-corrected chi connectivity index (χ4v) is 3.27. The van der Waals surface area contributed by atoms with Crippen molar-refractivity contribution in [3.8, 4) is 11.5 Å². The van der Waals surface area contributed by atoms with Crippen LogP contribution in [0.5, 0.6) is 11.5 Å². The number of nitrogens with one attached hydrogen (secondary N) is 3. The maximum atomic E-state index is 5.44. The van der Waals surface area contributed by atoms with E-state index in [4.69, 9.17) is 9.47 Å². The zero-order chi connectivity index (χ0) is 19.8. The number of rotatable bonds is 8. The molecule has 0 bridgehead atoms. The Bertz CT molecular complexity index is 933. The van der Waals surface area contributed by atoms with Crippen molar-refractivity contribution < 1.29 is 9.47 Å². The Balaban J connectivity index is 1.49. The van der Waals surface area contributed by atoms with Crippen molar-refractivity contribution in [3.63, 3.8) is 0 Å². The van der Waals surface area contributed by atoms with E-state index in [-0.39, 0.29) is 0 Å². The zero-order valence-electron chi connectivity index (χ0n) is 16.7. The number of methoxy groups -OCH3 is 2. The average Bonchev–Trinajstić information content (AvgIpc) is 3.15. The van der Waals surface area contributed by atoms with Gasteiger partial charge in [0.15, 0.2) is 5.96 Å². The molecule has 0 aliphatic rings. The molecule has 2 aromatic carbocycles. The summed E-state index contributed by atoms with van der Waals surface area (Å²) in [6.07, 6.45) is 3.82. The van der Waals surface area contributed by atoms with Crippen molar-refractivity contribution in [2.75, 3.05) is 34.4 Å². The van der Waals surface area contributed by atoms with Gasteiger partial charge in [-0.15, -0.1) is 0 Å². The van der Waals surface area contributed by atoms with E-state index < -0.39 is 0 Å². The molecule has 0 unspecified atom stereocenters. The number of nitrogens with zero attached hydrogens (tertiary/aromatic N) is 1. The van der Waals surface area contributed by atoms with E-state index in [2.05, 4.69) is 45.0 Å². The summed E-state index contributed by atoms with van der Waals surface area (Å²) >= 11 is 0. The number of ether oxygens (including phenoxy) is 2. The molecule has 1 heterocycles. The van der Waals surface area contributed by atoms with Gasteiger partial charge in [0, 0.05) is 37.2 Å². The summed E-state index contributed by atoms with van der Waals surface area (Å²) in [6, 6.07) is 14.2. The van der Waals surface area contributed by atoms with Gasteiger partial charge in [-0.3, -0.25) is 4.99 Å². The number of hydrogen-bond acceptors (Lipinski definition) is 3. The third-order valence-corrected chi connectivity index (χ3v) is 4.76. The minimum Gasteiger partial charge on any atom is -0.497 e. The van der Waals surface area contributed by atoms with Gasteiger partial charge in [0.2, 0.25) is 0 Å². The van der Waals surface area contributed by atoms with Crippen molar-refractivity contribution in [2.45, 2.75) is 12.8 Å². The average molecular weight is 380 g/mol. The Labute approximate surface area is 166 Å². The first-order valence-electron chi connectivity index (χ1n) is 9.45. The summed E-state index contributed by atoms with van der Waals surface area (Å²) < 4.78 is 10.7. The van der Waals surface area contributed by atoms with Gasteiger partial charge in [-0.2, -0.15) is 0 Å². The summed E-state index contributed by atoms with van der Waals surface area (Å²) in [5.74, 6) is 2.49. The number of aromatic amines is 1. The second-order valence-electron chi connectivity index (χ2n) is 6.46. The van der Waals surface area contributed by atoms with Crippen LogP contribution in [0.15, 0.2) is 53.7 Å². The number of aliphatic imine (C=N–C) groups is 1. The number of H-pyrrole nitrogens is 1. The summed E-state index contributed by atoms with van der Waals surface area (Å²) in [6.45, 7) is 1.56. The molecule has 3 N–H and O–H groups in total. The normalized spacial score (nSPS) is 11.5. The molecular formula is C22H28N4O2. The van der Waals surface area contributed by atoms with Gasteiger partial charge in [0.05, 0.1) is 14.2 Å². The SMILES string of the molecule is CN=C(NCCc1cc(OC)ccc1OC)NCCc1c[nH]c2ccccc12.